The molecule has 1 N–H and O–H groups in total. The fraction of sp³-hybridized carbons (Fsp3) is 0.650. The molecule has 6 nitrogen and oxygen atoms in total. The highest BCUT2D eigenvalue weighted by molar-refractivity contribution is 7.89. The molecule has 2 saturated heterocycles. The zero-order chi connectivity index (χ0) is 19.4. The van der Waals surface area contributed by atoms with Crippen LogP contribution >= 0.6 is 0 Å². The Morgan fingerprint density at radius 2 is 1.78 bits per heavy atom. The summed E-state index contributed by atoms with van der Waals surface area (Å²) >= 11 is 0. The summed E-state index contributed by atoms with van der Waals surface area (Å²) in [5.41, 5.74) is 1.04. The number of hydrogen-bond acceptors (Lipinski definition) is 4. The number of sulfonamides is 1. The minimum atomic E-state index is -3.47. The van der Waals surface area contributed by atoms with E-state index in [9.17, 15) is 13.2 Å². The first-order valence-electron chi connectivity index (χ1n) is 10.0. The second-order valence-corrected chi connectivity index (χ2v) is 9.60. The van der Waals surface area contributed by atoms with Gasteiger partial charge in [0.15, 0.2) is 0 Å². The Bertz CT molecular complexity index is 740. The van der Waals surface area contributed by atoms with Crippen molar-refractivity contribution in [1.29, 1.82) is 0 Å². The largest absolute Gasteiger partial charge is 0.354 e. The van der Waals surface area contributed by atoms with E-state index in [2.05, 4.69) is 17.1 Å². The lowest BCUT2D eigenvalue weighted by molar-refractivity contribution is -0.126. The Morgan fingerprint density at radius 1 is 1.11 bits per heavy atom. The van der Waals surface area contributed by atoms with Gasteiger partial charge in [0.25, 0.3) is 0 Å². The third kappa shape index (κ3) is 4.70. The number of nitrogens with one attached hydrogen (secondary N) is 1. The molecular weight excluding hydrogens is 362 g/mol. The highest BCUT2D eigenvalue weighted by atomic mass is 32.2. The highest BCUT2D eigenvalue weighted by Gasteiger charge is 2.32. The molecule has 1 amide bonds. The van der Waals surface area contributed by atoms with Crippen molar-refractivity contribution in [3.05, 3.63) is 29.8 Å². The van der Waals surface area contributed by atoms with Gasteiger partial charge in [0.05, 0.1) is 4.90 Å². The van der Waals surface area contributed by atoms with Gasteiger partial charge in [-0.25, -0.2) is 8.42 Å². The van der Waals surface area contributed by atoms with E-state index >= 15 is 0 Å². The van der Waals surface area contributed by atoms with Crippen LogP contribution in [0.1, 0.15) is 38.2 Å². The van der Waals surface area contributed by atoms with Crippen LogP contribution in [0.2, 0.25) is 0 Å². The van der Waals surface area contributed by atoms with E-state index in [0.717, 1.165) is 25.1 Å². The Labute approximate surface area is 163 Å². The molecule has 0 radical (unpaired) electrons. The van der Waals surface area contributed by atoms with Gasteiger partial charge in [-0.1, -0.05) is 24.6 Å². The number of amides is 1. The molecule has 0 bridgehead atoms. The number of rotatable bonds is 6. The van der Waals surface area contributed by atoms with Crippen molar-refractivity contribution in [2.45, 2.75) is 50.5 Å². The first-order chi connectivity index (χ1) is 12.9. The molecule has 2 fully saturated rings. The topological polar surface area (TPSA) is 69.7 Å². The molecule has 0 unspecified atom stereocenters. The lowest BCUT2D eigenvalue weighted by Crippen LogP contribution is -2.45. The van der Waals surface area contributed by atoms with Crippen molar-refractivity contribution < 1.29 is 13.2 Å². The monoisotopic (exact) mass is 393 g/mol. The van der Waals surface area contributed by atoms with Crippen LogP contribution in [0.4, 0.5) is 0 Å². The van der Waals surface area contributed by atoms with Gasteiger partial charge in [-0.3, -0.25) is 9.69 Å². The summed E-state index contributed by atoms with van der Waals surface area (Å²) < 4.78 is 27.0. The van der Waals surface area contributed by atoms with Gasteiger partial charge in [0.1, 0.15) is 0 Å². The number of likely N-dealkylation sites (N-methyl/N-ethyl adjacent to an activating group) is 1. The number of benzene rings is 1. The van der Waals surface area contributed by atoms with Crippen molar-refractivity contribution in [2.24, 2.45) is 5.92 Å². The molecule has 1 aromatic rings. The van der Waals surface area contributed by atoms with Crippen LogP contribution in [0.3, 0.4) is 0 Å². The molecule has 2 heterocycles. The summed E-state index contributed by atoms with van der Waals surface area (Å²) in [6, 6.07) is 7.39. The standard InChI is InChI=1S/C20H31N3O3S/c1-3-22-12-4-5-18(22)15-21-20(24)17-10-13-23(14-11-17)27(25,26)19-8-6-16(2)7-9-19/h6-9,17-18H,3-5,10-15H2,1-2H3,(H,21,24)/t18-/m1/s1. The molecule has 1 atom stereocenters. The Kier molecular flexibility index (Phi) is 6.55. The molecule has 2 aliphatic rings. The van der Waals surface area contributed by atoms with Gasteiger partial charge in [-0.05, 0) is 57.8 Å². The average molecular weight is 394 g/mol. The van der Waals surface area contributed by atoms with Crippen LogP contribution in [0.15, 0.2) is 29.2 Å². The van der Waals surface area contributed by atoms with Gasteiger partial charge in [0, 0.05) is 31.6 Å². The number of nitrogens with zero attached hydrogens (tertiary/aromatic N) is 2. The van der Waals surface area contributed by atoms with E-state index in [1.807, 2.05) is 19.1 Å². The molecule has 150 valence electrons. The molecule has 2 aliphatic heterocycles. The van der Waals surface area contributed by atoms with Gasteiger partial charge in [0.2, 0.25) is 15.9 Å². The summed E-state index contributed by atoms with van der Waals surface area (Å²) in [5, 5.41) is 3.10. The molecule has 0 saturated carbocycles. The second kappa shape index (κ2) is 8.71. The fourth-order valence-electron chi connectivity index (χ4n) is 4.12. The normalized spacial score (nSPS) is 22.8. The van der Waals surface area contributed by atoms with Crippen LogP contribution in [0, 0.1) is 12.8 Å². The van der Waals surface area contributed by atoms with Crippen molar-refractivity contribution in [3.8, 4) is 0 Å². The first-order valence-corrected chi connectivity index (χ1v) is 11.4. The number of likely N-dealkylation sites (tertiary alicyclic amines) is 1. The summed E-state index contributed by atoms with van der Waals surface area (Å²) in [7, 11) is -3.47. The smallest absolute Gasteiger partial charge is 0.243 e. The van der Waals surface area contributed by atoms with Gasteiger partial charge in [-0.2, -0.15) is 4.31 Å². The van der Waals surface area contributed by atoms with Gasteiger partial charge >= 0.3 is 0 Å². The van der Waals surface area contributed by atoms with Gasteiger partial charge in [-0.15, -0.1) is 0 Å². The molecule has 1 aromatic carbocycles. The first kappa shape index (κ1) is 20.3. The zero-order valence-corrected chi connectivity index (χ0v) is 17.2. The number of carbonyl (C=O) groups excluding carboxylic acids is 1. The predicted molar refractivity (Wildman–Crippen MR) is 106 cm³/mol. The number of carbonyl (C=O) groups is 1. The van der Waals surface area contributed by atoms with E-state index in [1.165, 1.54) is 10.7 Å². The molecule has 3 rings (SSSR count). The minimum Gasteiger partial charge on any atom is -0.354 e. The molecule has 0 spiro atoms. The minimum absolute atomic E-state index is 0.0744. The lowest BCUT2D eigenvalue weighted by Gasteiger charge is -2.31. The summed E-state index contributed by atoms with van der Waals surface area (Å²) in [6.07, 6.45) is 3.50. The second-order valence-electron chi connectivity index (χ2n) is 7.66. The SMILES string of the molecule is CCN1CCC[C@@H]1CNC(=O)C1CCN(S(=O)(=O)c2ccc(C)cc2)CC1. The van der Waals surface area contributed by atoms with Crippen molar-refractivity contribution in [1.82, 2.24) is 14.5 Å². The fourth-order valence-corrected chi connectivity index (χ4v) is 5.59. The third-order valence-electron chi connectivity index (χ3n) is 5.90. The number of hydrogen-bond donors (Lipinski definition) is 1. The molecule has 0 aliphatic carbocycles. The summed E-state index contributed by atoms with van der Waals surface area (Å²) in [5.74, 6) is -0.0173. The van der Waals surface area contributed by atoms with E-state index < -0.39 is 10.0 Å². The molecular formula is C20H31N3O3S. The Balaban J connectivity index is 1.50. The van der Waals surface area contributed by atoms with Crippen molar-refractivity contribution in [2.75, 3.05) is 32.7 Å². The summed E-state index contributed by atoms with van der Waals surface area (Å²) in [6.45, 7) is 7.74. The van der Waals surface area contributed by atoms with Crippen molar-refractivity contribution in [3.63, 3.8) is 0 Å². The maximum absolute atomic E-state index is 12.8. The predicted octanol–water partition coefficient (Wildman–Crippen LogP) is 2.00. The molecule has 7 heteroatoms. The number of aryl methyl sites for hydroxylation is 1. The molecule has 0 aromatic heterocycles. The zero-order valence-electron chi connectivity index (χ0n) is 16.4. The summed E-state index contributed by atoms with van der Waals surface area (Å²) in [4.78, 5) is 15.3. The van der Waals surface area contributed by atoms with Crippen LogP contribution in [0.25, 0.3) is 0 Å². The number of piperidine rings is 1. The Hall–Kier alpha value is -1.44. The van der Waals surface area contributed by atoms with Crippen LogP contribution < -0.4 is 5.32 Å². The van der Waals surface area contributed by atoms with Crippen LogP contribution in [-0.2, 0) is 14.8 Å². The maximum atomic E-state index is 12.8. The average Bonchev–Trinajstić information content (AvgIpc) is 3.14. The Morgan fingerprint density at radius 3 is 2.41 bits per heavy atom. The lowest BCUT2D eigenvalue weighted by atomic mass is 9.97. The molecule has 27 heavy (non-hydrogen) atoms. The van der Waals surface area contributed by atoms with Gasteiger partial charge < -0.3 is 5.32 Å². The highest BCUT2D eigenvalue weighted by Crippen LogP contribution is 2.24. The van der Waals surface area contributed by atoms with E-state index in [0.29, 0.717) is 43.4 Å². The third-order valence-corrected chi connectivity index (χ3v) is 7.81. The maximum Gasteiger partial charge on any atom is 0.243 e. The van der Waals surface area contributed by atoms with Crippen molar-refractivity contribution >= 4 is 15.9 Å². The van der Waals surface area contributed by atoms with Crippen LogP contribution in [0.5, 0.6) is 0 Å². The van der Waals surface area contributed by atoms with E-state index in [1.54, 1.807) is 12.1 Å². The van der Waals surface area contributed by atoms with E-state index in [-0.39, 0.29) is 11.8 Å². The van der Waals surface area contributed by atoms with Crippen LogP contribution in [-0.4, -0.2) is 62.3 Å². The quantitative estimate of drug-likeness (QED) is 0.803. The van der Waals surface area contributed by atoms with E-state index in [4.69, 9.17) is 0 Å².